The van der Waals surface area contributed by atoms with Gasteiger partial charge in [0.1, 0.15) is 5.75 Å². The average molecular weight is 309 g/mol. The summed E-state index contributed by atoms with van der Waals surface area (Å²) >= 11 is 12.6. The minimum Gasteiger partial charge on any atom is -0.496 e. The molecule has 1 unspecified atom stereocenters. The standard InChI is InChI=1S/C17H18Cl2O/c1-11(2)12-4-6-13(7-5-12)17(19)15-9-8-14(18)10-16(15)20-3/h4-11,17H,1-3H3. The first-order valence-electron chi connectivity index (χ1n) is 6.60. The number of alkyl halides is 1. The lowest BCUT2D eigenvalue weighted by molar-refractivity contribution is 0.410. The molecule has 0 aliphatic carbocycles. The quantitative estimate of drug-likeness (QED) is 0.648. The number of ether oxygens (including phenoxy) is 1. The summed E-state index contributed by atoms with van der Waals surface area (Å²) in [5.74, 6) is 1.23. The third-order valence-electron chi connectivity index (χ3n) is 3.36. The first-order valence-corrected chi connectivity index (χ1v) is 7.41. The first-order chi connectivity index (χ1) is 9.52. The molecule has 0 heterocycles. The molecule has 0 amide bonds. The van der Waals surface area contributed by atoms with E-state index in [1.165, 1.54) is 5.56 Å². The second-order valence-electron chi connectivity index (χ2n) is 5.07. The molecular weight excluding hydrogens is 291 g/mol. The Labute approximate surface area is 130 Å². The summed E-state index contributed by atoms with van der Waals surface area (Å²) in [6.45, 7) is 4.35. The second-order valence-corrected chi connectivity index (χ2v) is 5.94. The highest BCUT2D eigenvalue weighted by Crippen LogP contribution is 2.36. The van der Waals surface area contributed by atoms with Gasteiger partial charge in [0, 0.05) is 10.6 Å². The Morgan fingerprint density at radius 2 is 1.55 bits per heavy atom. The van der Waals surface area contributed by atoms with E-state index in [-0.39, 0.29) is 5.38 Å². The molecule has 2 aromatic rings. The normalized spacial score (nSPS) is 12.5. The fraction of sp³-hybridized carbons (Fsp3) is 0.294. The Balaban J connectivity index is 2.33. The predicted octanol–water partition coefficient (Wildman–Crippen LogP) is 5.80. The maximum Gasteiger partial charge on any atom is 0.125 e. The van der Waals surface area contributed by atoms with Gasteiger partial charge in [-0.15, -0.1) is 11.6 Å². The van der Waals surface area contributed by atoms with Gasteiger partial charge in [-0.25, -0.2) is 0 Å². The van der Waals surface area contributed by atoms with Crippen molar-refractivity contribution in [2.45, 2.75) is 25.1 Å². The smallest absolute Gasteiger partial charge is 0.125 e. The van der Waals surface area contributed by atoms with E-state index in [1.807, 2.05) is 12.1 Å². The predicted molar refractivity (Wildman–Crippen MR) is 86.2 cm³/mol. The van der Waals surface area contributed by atoms with Crippen LogP contribution in [0.25, 0.3) is 0 Å². The van der Waals surface area contributed by atoms with Crippen LogP contribution in [0, 0.1) is 0 Å². The van der Waals surface area contributed by atoms with Gasteiger partial charge >= 0.3 is 0 Å². The third-order valence-corrected chi connectivity index (χ3v) is 4.09. The van der Waals surface area contributed by atoms with E-state index >= 15 is 0 Å². The van der Waals surface area contributed by atoms with Crippen molar-refractivity contribution in [3.05, 3.63) is 64.2 Å². The minimum absolute atomic E-state index is 0.247. The summed E-state index contributed by atoms with van der Waals surface area (Å²) in [5, 5.41) is 0.396. The van der Waals surface area contributed by atoms with Gasteiger partial charge in [0.2, 0.25) is 0 Å². The van der Waals surface area contributed by atoms with E-state index in [2.05, 4.69) is 38.1 Å². The number of methoxy groups -OCH3 is 1. The molecule has 2 aromatic carbocycles. The average Bonchev–Trinajstić information content (AvgIpc) is 2.46. The fourth-order valence-electron chi connectivity index (χ4n) is 2.12. The summed E-state index contributed by atoms with van der Waals surface area (Å²) in [7, 11) is 1.63. The Kier molecular flexibility index (Phi) is 4.95. The molecule has 0 fully saturated rings. The molecule has 0 spiro atoms. The molecular formula is C17H18Cl2O. The van der Waals surface area contributed by atoms with Gasteiger partial charge in [-0.05, 0) is 29.2 Å². The highest BCUT2D eigenvalue weighted by atomic mass is 35.5. The van der Waals surface area contributed by atoms with Crippen LogP contribution in [0.5, 0.6) is 5.75 Å². The molecule has 1 nitrogen and oxygen atoms in total. The highest BCUT2D eigenvalue weighted by Gasteiger charge is 2.16. The van der Waals surface area contributed by atoms with Crippen LogP contribution in [0.4, 0.5) is 0 Å². The largest absolute Gasteiger partial charge is 0.496 e. The molecule has 2 rings (SSSR count). The lowest BCUT2D eigenvalue weighted by Crippen LogP contribution is -1.98. The van der Waals surface area contributed by atoms with E-state index in [0.29, 0.717) is 16.7 Å². The number of halogens is 2. The molecule has 20 heavy (non-hydrogen) atoms. The SMILES string of the molecule is COc1cc(Cl)ccc1C(Cl)c1ccc(C(C)C)cc1. The van der Waals surface area contributed by atoms with E-state index < -0.39 is 0 Å². The maximum absolute atomic E-state index is 6.58. The molecule has 0 saturated heterocycles. The van der Waals surface area contributed by atoms with Crippen molar-refractivity contribution in [1.82, 2.24) is 0 Å². The van der Waals surface area contributed by atoms with Crippen molar-refractivity contribution in [1.29, 1.82) is 0 Å². The Bertz CT molecular complexity index is 576. The molecule has 0 aliphatic rings. The summed E-state index contributed by atoms with van der Waals surface area (Å²) in [6.07, 6.45) is 0. The summed E-state index contributed by atoms with van der Waals surface area (Å²) < 4.78 is 5.36. The molecule has 0 radical (unpaired) electrons. The number of hydrogen-bond donors (Lipinski definition) is 0. The molecule has 0 bridgehead atoms. The first kappa shape index (κ1) is 15.2. The summed E-state index contributed by atoms with van der Waals surface area (Å²) in [6, 6.07) is 13.9. The monoisotopic (exact) mass is 308 g/mol. The lowest BCUT2D eigenvalue weighted by Gasteiger charge is -2.15. The van der Waals surface area contributed by atoms with E-state index in [4.69, 9.17) is 27.9 Å². The van der Waals surface area contributed by atoms with Gasteiger partial charge in [0.15, 0.2) is 0 Å². The van der Waals surface area contributed by atoms with Crippen molar-refractivity contribution in [2.24, 2.45) is 0 Å². The van der Waals surface area contributed by atoms with Gasteiger partial charge < -0.3 is 4.74 Å². The zero-order chi connectivity index (χ0) is 14.7. The molecule has 0 aromatic heterocycles. The molecule has 0 aliphatic heterocycles. The van der Waals surface area contributed by atoms with Crippen molar-refractivity contribution in [2.75, 3.05) is 7.11 Å². The van der Waals surface area contributed by atoms with Crippen molar-refractivity contribution >= 4 is 23.2 Å². The van der Waals surface area contributed by atoms with Gasteiger partial charge in [-0.1, -0.05) is 55.8 Å². The third kappa shape index (κ3) is 3.28. The Morgan fingerprint density at radius 3 is 2.10 bits per heavy atom. The van der Waals surface area contributed by atoms with E-state index in [1.54, 1.807) is 13.2 Å². The molecule has 3 heteroatoms. The van der Waals surface area contributed by atoms with E-state index in [9.17, 15) is 0 Å². The van der Waals surface area contributed by atoms with Gasteiger partial charge in [-0.3, -0.25) is 0 Å². The molecule has 0 N–H and O–H groups in total. The number of rotatable bonds is 4. The van der Waals surface area contributed by atoms with Gasteiger partial charge in [0.05, 0.1) is 12.5 Å². The topological polar surface area (TPSA) is 9.23 Å². The van der Waals surface area contributed by atoms with Crippen LogP contribution in [0.1, 0.15) is 41.8 Å². The molecule has 0 saturated carbocycles. The van der Waals surface area contributed by atoms with Crippen LogP contribution in [0.15, 0.2) is 42.5 Å². The Hall–Kier alpha value is -1.18. The number of benzene rings is 2. The van der Waals surface area contributed by atoms with Crippen molar-refractivity contribution in [3.8, 4) is 5.75 Å². The zero-order valence-electron chi connectivity index (χ0n) is 11.9. The maximum atomic E-state index is 6.58. The van der Waals surface area contributed by atoms with Crippen molar-refractivity contribution < 1.29 is 4.74 Å². The van der Waals surface area contributed by atoms with Crippen LogP contribution in [-0.4, -0.2) is 7.11 Å². The lowest BCUT2D eigenvalue weighted by atomic mass is 9.98. The van der Waals surface area contributed by atoms with Crippen LogP contribution in [0.3, 0.4) is 0 Å². The van der Waals surface area contributed by atoms with Gasteiger partial charge in [-0.2, -0.15) is 0 Å². The van der Waals surface area contributed by atoms with Crippen LogP contribution in [-0.2, 0) is 0 Å². The zero-order valence-corrected chi connectivity index (χ0v) is 13.4. The van der Waals surface area contributed by atoms with Crippen LogP contribution < -0.4 is 4.74 Å². The molecule has 1 atom stereocenters. The number of hydrogen-bond acceptors (Lipinski definition) is 1. The fourth-order valence-corrected chi connectivity index (χ4v) is 2.61. The highest BCUT2D eigenvalue weighted by molar-refractivity contribution is 6.30. The summed E-state index contributed by atoms with van der Waals surface area (Å²) in [5.41, 5.74) is 3.29. The molecule has 106 valence electrons. The van der Waals surface area contributed by atoms with Crippen LogP contribution >= 0.6 is 23.2 Å². The van der Waals surface area contributed by atoms with Crippen LogP contribution in [0.2, 0.25) is 5.02 Å². The van der Waals surface area contributed by atoms with E-state index in [0.717, 1.165) is 11.1 Å². The summed E-state index contributed by atoms with van der Waals surface area (Å²) in [4.78, 5) is 0. The van der Waals surface area contributed by atoms with Gasteiger partial charge in [0.25, 0.3) is 0 Å². The van der Waals surface area contributed by atoms with Crippen molar-refractivity contribution in [3.63, 3.8) is 0 Å². The Morgan fingerprint density at radius 1 is 0.950 bits per heavy atom. The minimum atomic E-state index is -0.247. The second kappa shape index (κ2) is 6.51.